The maximum atomic E-state index is 12.4. The number of hydrogen-bond donors (Lipinski definition) is 1. The topological polar surface area (TPSA) is 26.0 Å². The van der Waals surface area contributed by atoms with E-state index in [-0.39, 0.29) is 0 Å². The molecule has 0 aliphatic heterocycles. The summed E-state index contributed by atoms with van der Waals surface area (Å²) in [7, 11) is 0. The summed E-state index contributed by atoms with van der Waals surface area (Å²) in [6.45, 7) is 4.04. The fourth-order valence-electron chi connectivity index (χ4n) is 1.01. The number of hydrogen-bond acceptors (Lipinski definition) is 2. The number of nitrogens with two attached hydrogens (primary N) is 1. The molecule has 5 heteroatoms. The van der Waals surface area contributed by atoms with E-state index in [4.69, 9.17) is 5.73 Å². The van der Waals surface area contributed by atoms with E-state index >= 15 is 0 Å². The van der Waals surface area contributed by atoms with E-state index in [1.54, 1.807) is 6.07 Å². The first kappa shape index (κ1) is 13.1. The van der Waals surface area contributed by atoms with E-state index in [0.717, 1.165) is 17.7 Å². The minimum Gasteiger partial charge on any atom is -0.327 e. The molecule has 0 aliphatic rings. The van der Waals surface area contributed by atoms with Gasteiger partial charge in [-0.1, -0.05) is 18.2 Å². The molecule has 0 bridgehead atoms. The van der Waals surface area contributed by atoms with Crippen LogP contribution in [0, 0.1) is 0 Å². The van der Waals surface area contributed by atoms with Gasteiger partial charge in [-0.2, -0.15) is 13.2 Å². The van der Waals surface area contributed by atoms with Gasteiger partial charge in [0.05, 0.1) is 5.56 Å². The predicted molar refractivity (Wildman–Crippen MR) is 60.4 cm³/mol. The van der Waals surface area contributed by atoms with Gasteiger partial charge in [0.1, 0.15) is 0 Å². The Morgan fingerprint density at radius 3 is 2.62 bits per heavy atom. The van der Waals surface area contributed by atoms with Crippen molar-refractivity contribution in [3.05, 3.63) is 42.0 Å². The van der Waals surface area contributed by atoms with Crippen molar-refractivity contribution in [1.29, 1.82) is 0 Å². The third-order valence-corrected chi connectivity index (χ3v) is 3.03. The molecule has 88 valence electrons. The van der Waals surface area contributed by atoms with Crippen LogP contribution in [-0.4, -0.2) is 12.3 Å². The fraction of sp³-hybridized carbons (Fsp3) is 0.273. The van der Waals surface area contributed by atoms with Crippen molar-refractivity contribution in [2.45, 2.75) is 11.1 Å². The van der Waals surface area contributed by atoms with Crippen LogP contribution in [0.5, 0.6) is 0 Å². The van der Waals surface area contributed by atoms with Gasteiger partial charge in [-0.3, -0.25) is 0 Å². The van der Waals surface area contributed by atoms with Crippen molar-refractivity contribution >= 4 is 11.8 Å². The van der Waals surface area contributed by atoms with Crippen LogP contribution >= 0.6 is 11.8 Å². The van der Waals surface area contributed by atoms with Crippen LogP contribution in [0.15, 0.2) is 41.3 Å². The molecule has 0 aliphatic carbocycles. The van der Waals surface area contributed by atoms with E-state index in [1.165, 1.54) is 17.8 Å². The Labute approximate surface area is 96.5 Å². The molecule has 0 atom stereocenters. The lowest BCUT2D eigenvalue weighted by Gasteiger charge is -2.08. The highest BCUT2D eigenvalue weighted by molar-refractivity contribution is 7.99. The van der Waals surface area contributed by atoms with Crippen LogP contribution in [0.1, 0.15) is 5.56 Å². The fourth-order valence-corrected chi connectivity index (χ4v) is 1.88. The first-order valence-electron chi connectivity index (χ1n) is 4.60. The summed E-state index contributed by atoms with van der Waals surface area (Å²) in [5.74, 6) is 0.539. The summed E-state index contributed by atoms with van der Waals surface area (Å²) in [6, 6.07) is 5.23. The zero-order valence-corrected chi connectivity index (χ0v) is 9.37. The van der Waals surface area contributed by atoms with Gasteiger partial charge < -0.3 is 5.73 Å². The molecule has 0 saturated carbocycles. The van der Waals surface area contributed by atoms with Crippen LogP contribution in [0.3, 0.4) is 0 Å². The van der Waals surface area contributed by atoms with E-state index in [0.29, 0.717) is 17.2 Å². The summed E-state index contributed by atoms with van der Waals surface area (Å²) in [5.41, 5.74) is 5.52. The van der Waals surface area contributed by atoms with Crippen LogP contribution in [0.25, 0.3) is 0 Å². The van der Waals surface area contributed by atoms with Crippen LogP contribution in [-0.2, 0) is 6.18 Å². The molecule has 1 rings (SSSR count). The van der Waals surface area contributed by atoms with Crippen LogP contribution in [0.2, 0.25) is 0 Å². The van der Waals surface area contributed by atoms with Crippen molar-refractivity contribution in [3.8, 4) is 0 Å². The Kier molecular flexibility index (Phi) is 4.44. The van der Waals surface area contributed by atoms with E-state index in [9.17, 15) is 13.2 Å². The van der Waals surface area contributed by atoms with Crippen LogP contribution in [0.4, 0.5) is 13.2 Å². The summed E-state index contributed by atoms with van der Waals surface area (Å²) >= 11 is 1.30. The second-order valence-electron chi connectivity index (χ2n) is 3.27. The number of thioether (sulfide) groups is 1. The highest BCUT2D eigenvalue weighted by Crippen LogP contribution is 2.32. The van der Waals surface area contributed by atoms with Gasteiger partial charge >= 0.3 is 6.18 Å². The molecular formula is C11H12F3NS. The van der Waals surface area contributed by atoms with Gasteiger partial charge in [0, 0.05) is 17.2 Å². The number of halogens is 3. The van der Waals surface area contributed by atoms with Crippen molar-refractivity contribution in [2.75, 3.05) is 12.3 Å². The smallest absolute Gasteiger partial charge is 0.327 e. The average Bonchev–Trinajstić information content (AvgIpc) is 2.25. The Morgan fingerprint density at radius 1 is 1.38 bits per heavy atom. The Morgan fingerprint density at radius 2 is 2.06 bits per heavy atom. The highest BCUT2D eigenvalue weighted by atomic mass is 32.2. The normalized spacial score (nSPS) is 11.5. The second kappa shape index (κ2) is 5.41. The van der Waals surface area contributed by atoms with Crippen molar-refractivity contribution in [3.63, 3.8) is 0 Å². The molecule has 0 unspecified atom stereocenters. The monoisotopic (exact) mass is 247 g/mol. The van der Waals surface area contributed by atoms with Gasteiger partial charge in [0.25, 0.3) is 0 Å². The maximum absolute atomic E-state index is 12.4. The van der Waals surface area contributed by atoms with Gasteiger partial charge in [-0.25, -0.2) is 0 Å². The predicted octanol–water partition coefficient (Wildman–Crippen LogP) is 3.31. The standard InChI is InChI=1S/C11H12F3NS/c1-8(6-15)7-16-10-4-2-3-9(5-10)11(12,13)14/h2-5H,1,6-7,15H2. The largest absolute Gasteiger partial charge is 0.416 e. The molecule has 1 aromatic carbocycles. The third kappa shape index (κ3) is 3.90. The molecule has 0 aromatic heterocycles. The number of rotatable bonds is 4. The van der Waals surface area contributed by atoms with Gasteiger partial charge in [0.15, 0.2) is 0 Å². The molecule has 1 nitrogen and oxygen atoms in total. The van der Waals surface area contributed by atoms with Crippen molar-refractivity contribution in [2.24, 2.45) is 5.73 Å². The average molecular weight is 247 g/mol. The first-order chi connectivity index (χ1) is 7.43. The Bertz CT molecular complexity index is 374. The number of benzene rings is 1. The molecule has 16 heavy (non-hydrogen) atoms. The van der Waals surface area contributed by atoms with Crippen molar-refractivity contribution in [1.82, 2.24) is 0 Å². The minimum absolute atomic E-state index is 0.353. The quantitative estimate of drug-likeness (QED) is 0.652. The molecule has 0 heterocycles. The van der Waals surface area contributed by atoms with Crippen LogP contribution < -0.4 is 5.73 Å². The zero-order valence-electron chi connectivity index (χ0n) is 8.55. The Balaban J connectivity index is 2.72. The van der Waals surface area contributed by atoms with Gasteiger partial charge in [-0.05, 0) is 18.2 Å². The van der Waals surface area contributed by atoms with E-state index in [2.05, 4.69) is 6.58 Å². The van der Waals surface area contributed by atoms with Crippen molar-refractivity contribution < 1.29 is 13.2 Å². The summed E-state index contributed by atoms with van der Waals surface area (Å²) < 4.78 is 37.2. The molecule has 0 spiro atoms. The molecule has 0 fully saturated rings. The third-order valence-electron chi connectivity index (χ3n) is 1.89. The lowest BCUT2D eigenvalue weighted by Crippen LogP contribution is -2.05. The summed E-state index contributed by atoms with van der Waals surface area (Å²) in [6.07, 6.45) is -4.29. The molecule has 0 amide bonds. The first-order valence-corrected chi connectivity index (χ1v) is 5.59. The lowest BCUT2D eigenvalue weighted by atomic mass is 10.2. The molecule has 0 radical (unpaired) electrons. The molecule has 0 saturated heterocycles. The molecule has 1 aromatic rings. The second-order valence-corrected chi connectivity index (χ2v) is 4.32. The molecular weight excluding hydrogens is 235 g/mol. The zero-order chi connectivity index (χ0) is 12.2. The van der Waals surface area contributed by atoms with E-state index < -0.39 is 11.7 Å². The minimum atomic E-state index is -4.29. The SMILES string of the molecule is C=C(CN)CSc1cccc(C(F)(F)F)c1. The van der Waals surface area contributed by atoms with Gasteiger partial charge in [0.2, 0.25) is 0 Å². The summed E-state index contributed by atoms with van der Waals surface area (Å²) in [4.78, 5) is 0.574. The maximum Gasteiger partial charge on any atom is 0.416 e. The molecule has 2 N–H and O–H groups in total. The lowest BCUT2D eigenvalue weighted by molar-refractivity contribution is -0.137. The number of alkyl halides is 3. The summed E-state index contributed by atoms with van der Waals surface area (Å²) in [5, 5.41) is 0. The highest BCUT2D eigenvalue weighted by Gasteiger charge is 2.30. The Hall–Kier alpha value is -0.940. The van der Waals surface area contributed by atoms with E-state index in [1.807, 2.05) is 0 Å². The van der Waals surface area contributed by atoms with Gasteiger partial charge in [-0.15, -0.1) is 11.8 Å².